The third-order valence-electron chi connectivity index (χ3n) is 2.63. The lowest BCUT2D eigenvalue weighted by Crippen LogP contribution is -2.23. The van der Waals surface area contributed by atoms with Crippen molar-refractivity contribution in [3.05, 3.63) is 36.2 Å². The van der Waals surface area contributed by atoms with E-state index in [1.54, 1.807) is 7.05 Å². The molecule has 94 valence electrons. The Kier molecular flexibility index (Phi) is 3.32. The molecule has 1 amide bonds. The molecule has 0 saturated heterocycles. The highest BCUT2D eigenvalue weighted by Gasteiger charge is 2.10. The third-order valence-corrected chi connectivity index (χ3v) is 2.63. The van der Waals surface area contributed by atoms with Crippen LogP contribution in [0, 0.1) is 6.92 Å². The second-order valence-corrected chi connectivity index (χ2v) is 4.13. The van der Waals surface area contributed by atoms with E-state index in [2.05, 4.69) is 10.3 Å². The number of aromatic nitrogens is 2. The predicted molar refractivity (Wildman–Crippen MR) is 70.9 cm³/mol. The molecule has 0 spiro atoms. The first-order chi connectivity index (χ1) is 8.60. The van der Waals surface area contributed by atoms with Gasteiger partial charge in [0, 0.05) is 24.5 Å². The lowest BCUT2D eigenvalue weighted by Gasteiger charge is -2.07. The quantitative estimate of drug-likeness (QED) is 0.796. The molecule has 0 aliphatic carbocycles. The van der Waals surface area contributed by atoms with E-state index in [1.165, 1.54) is 0 Å². The molecule has 1 heterocycles. The molecule has 0 aliphatic rings. The van der Waals surface area contributed by atoms with Crippen LogP contribution in [0.15, 0.2) is 30.5 Å². The Morgan fingerprint density at radius 2 is 2.28 bits per heavy atom. The van der Waals surface area contributed by atoms with E-state index in [-0.39, 0.29) is 12.5 Å². The number of carbonyl (C=O) groups excluding carboxylic acids is 1. The molecule has 0 saturated carbocycles. The van der Waals surface area contributed by atoms with Gasteiger partial charge in [0.2, 0.25) is 5.91 Å². The number of rotatable bonds is 3. The van der Waals surface area contributed by atoms with Crippen molar-refractivity contribution >= 4 is 11.6 Å². The van der Waals surface area contributed by atoms with E-state index in [0.29, 0.717) is 5.69 Å². The van der Waals surface area contributed by atoms with Crippen molar-refractivity contribution in [3.63, 3.8) is 0 Å². The number of anilines is 1. The molecular formula is C13H16N4O. The molecular weight excluding hydrogens is 228 g/mol. The number of nitrogens with one attached hydrogen (secondary N) is 1. The maximum atomic E-state index is 11.5. The van der Waals surface area contributed by atoms with Gasteiger partial charge >= 0.3 is 0 Å². The predicted octanol–water partition coefficient (Wildman–Crippen LogP) is 1.19. The maximum Gasteiger partial charge on any atom is 0.239 e. The fourth-order valence-corrected chi connectivity index (χ4v) is 1.81. The van der Waals surface area contributed by atoms with Crippen LogP contribution < -0.4 is 11.1 Å². The molecule has 18 heavy (non-hydrogen) atoms. The van der Waals surface area contributed by atoms with Crippen molar-refractivity contribution in [2.75, 3.05) is 12.8 Å². The lowest BCUT2D eigenvalue weighted by molar-refractivity contribution is -0.121. The molecule has 5 heteroatoms. The second-order valence-electron chi connectivity index (χ2n) is 4.13. The van der Waals surface area contributed by atoms with Gasteiger partial charge in [-0.05, 0) is 19.1 Å². The van der Waals surface area contributed by atoms with Gasteiger partial charge < -0.3 is 15.6 Å². The Balaban J connectivity index is 2.41. The fourth-order valence-electron chi connectivity index (χ4n) is 1.81. The molecule has 2 rings (SSSR count). The van der Waals surface area contributed by atoms with Crippen molar-refractivity contribution in [2.24, 2.45) is 0 Å². The van der Waals surface area contributed by atoms with Crippen molar-refractivity contribution in [1.29, 1.82) is 0 Å². The van der Waals surface area contributed by atoms with Crippen molar-refractivity contribution in [3.8, 4) is 11.4 Å². The summed E-state index contributed by atoms with van der Waals surface area (Å²) in [4.78, 5) is 15.9. The summed E-state index contributed by atoms with van der Waals surface area (Å²) in [5.74, 6) is 0.695. The second kappa shape index (κ2) is 4.91. The molecule has 2 aromatic rings. The zero-order valence-electron chi connectivity index (χ0n) is 10.5. The van der Waals surface area contributed by atoms with Crippen LogP contribution in [0.25, 0.3) is 11.4 Å². The number of carbonyl (C=O) groups is 1. The monoisotopic (exact) mass is 244 g/mol. The topological polar surface area (TPSA) is 72.9 Å². The van der Waals surface area contributed by atoms with E-state index in [4.69, 9.17) is 5.73 Å². The van der Waals surface area contributed by atoms with Gasteiger partial charge in [0.05, 0.1) is 5.69 Å². The van der Waals surface area contributed by atoms with Crippen molar-refractivity contribution in [2.45, 2.75) is 13.5 Å². The number of amides is 1. The summed E-state index contributed by atoms with van der Waals surface area (Å²) in [6, 6.07) is 7.47. The van der Waals surface area contributed by atoms with Gasteiger partial charge in [0.15, 0.2) is 0 Å². The van der Waals surface area contributed by atoms with Crippen LogP contribution in [-0.2, 0) is 11.3 Å². The minimum absolute atomic E-state index is 0.0578. The van der Waals surface area contributed by atoms with Crippen LogP contribution in [0.1, 0.15) is 5.69 Å². The Morgan fingerprint density at radius 3 is 2.94 bits per heavy atom. The number of nitrogen functional groups attached to an aromatic ring is 1. The van der Waals surface area contributed by atoms with Gasteiger partial charge in [-0.25, -0.2) is 4.98 Å². The van der Waals surface area contributed by atoms with Gasteiger partial charge in [0.1, 0.15) is 12.4 Å². The average molecular weight is 244 g/mol. The summed E-state index contributed by atoms with van der Waals surface area (Å²) in [7, 11) is 1.62. The van der Waals surface area contributed by atoms with Crippen LogP contribution in [-0.4, -0.2) is 22.5 Å². The number of likely N-dealkylation sites (N-methyl/N-ethyl adjacent to an activating group) is 1. The summed E-state index contributed by atoms with van der Waals surface area (Å²) in [5.41, 5.74) is 8.23. The number of imidazole rings is 1. The van der Waals surface area contributed by atoms with Gasteiger partial charge in [0.25, 0.3) is 0 Å². The number of hydrogen-bond donors (Lipinski definition) is 2. The zero-order valence-corrected chi connectivity index (χ0v) is 10.5. The van der Waals surface area contributed by atoms with E-state index in [1.807, 2.05) is 42.0 Å². The van der Waals surface area contributed by atoms with Crippen molar-refractivity contribution in [1.82, 2.24) is 14.9 Å². The van der Waals surface area contributed by atoms with Crippen LogP contribution in [0.4, 0.5) is 5.69 Å². The first-order valence-electron chi connectivity index (χ1n) is 5.70. The summed E-state index contributed by atoms with van der Waals surface area (Å²) < 4.78 is 1.82. The van der Waals surface area contributed by atoms with Crippen LogP contribution in [0.5, 0.6) is 0 Å². The van der Waals surface area contributed by atoms with Gasteiger partial charge in [-0.15, -0.1) is 0 Å². The zero-order chi connectivity index (χ0) is 13.1. The Bertz CT molecular complexity index is 574. The maximum absolute atomic E-state index is 11.5. The summed E-state index contributed by atoms with van der Waals surface area (Å²) in [5, 5.41) is 2.60. The molecule has 0 fully saturated rings. The number of aryl methyl sites for hydroxylation is 1. The van der Waals surface area contributed by atoms with Gasteiger partial charge in [-0.1, -0.05) is 12.1 Å². The SMILES string of the molecule is CNC(=O)Cn1cc(C)nc1-c1cccc(N)c1. The highest BCUT2D eigenvalue weighted by atomic mass is 16.1. The molecule has 3 N–H and O–H groups in total. The van der Waals surface area contributed by atoms with Crippen molar-refractivity contribution < 1.29 is 4.79 Å². The summed E-state index contributed by atoms with van der Waals surface area (Å²) in [6.45, 7) is 2.15. The molecule has 0 unspecified atom stereocenters. The molecule has 5 nitrogen and oxygen atoms in total. The third kappa shape index (κ3) is 2.51. The van der Waals surface area contributed by atoms with Gasteiger partial charge in [-0.3, -0.25) is 4.79 Å². The number of nitrogens with two attached hydrogens (primary N) is 1. The van der Waals surface area contributed by atoms with Crippen LogP contribution in [0.2, 0.25) is 0 Å². The first-order valence-corrected chi connectivity index (χ1v) is 5.70. The Labute approximate surface area is 106 Å². The van der Waals surface area contributed by atoms with Crippen LogP contribution >= 0.6 is 0 Å². The minimum atomic E-state index is -0.0578. The molecule has 0 aliphatic heterocycles. The molecule has 1 aromatic carbocycles. The normalized spacial score (nSPS) is 10.3. The van der Waals surface area contributed by atoms with E-state index < -0.39 is 0 Å². The fraction of sp³-hybridized carbons (Fsp3) is 0.231. The van der Waals surface area contributed by atoms with E-state index in [0.717, 1.165) is 17.1 Å². The average Bonchev–Trinajstić information content (AvgIpc) is 2.70. The number of nitrogens with zero attached hydrogens (tertiary/aromatic N) is 2. The van der Waals surface area contributed by atoms with Gasteiger partial charge in [-0.2, -0.15) is 0 Å². The minimum Gasteiger partial charge on any atom is -0.399 e. The Morgan fingerprint density at radius 1 is 1.50 bits per heavy atom. The van der Waals surface area contributed by atoms with E-state index in [9.17, 15) is 4.79 Å². The smallest absolute Gasteiger partial charge is 0.239 e. The lowest BCUT2D eigenvalue weighted by atomic mass is 10.2. The summed E-state index contributed by atoms with van der Waals surface area (Å²) in [6.07, 6.45) is 1.85. The highest BCUT2D eigenvalue weighted by molar-refractivity contribution is 5.76. The summed E-state index contributed by atoms with van der Waals surface area (Å²) >= 11 is 0. The molecule has 0 bridgehead atoms. The molecule has 1 aromatic heterocycles. The number of benzene rings is 1. The Hall–Kier alpha value is -2.30. The first kappa shape index (κ1) is 12.2. The largest absolute Gasteiger partial charge is 0.399 e. The highest BCUT2D eigenvalue weighted by Crippen LogP contribution is 2.21. The molecule has 0 radical (unpaired) electrons. The number of hydrogen-bond acceptors (Lipinski definition) is 3. The van der Waals surface area contributed by atoms with Crippen LogP contribution in [0.3, 0.4) is 0 Å². The standard InChI is InChI=1S/C13H16N4O/c1-9-7-17(8-12(18)15-2)13(16-9)10-4-3-5-11(14)6-10/h3-7H,8,14H2,1-2H3,(H,15,18). The molecule has 0 atom stereocenters. The van der Waals surface area contributed by atoms with E-state index >= 15 is 0 Å².